The van der Waals surface area contributed by atoms with E-state index in [1.54, 1.807) is 0 Å². The minimum absolute atomic E-state index is 0.134. The first-order chi connectivity index (χ1) is 11.2. The van der Waals surface area contributed by atoms with Gasteiger partial charge in [-0.3, -0.25) is 14.4 Å². The second-order valence-electron chi connectivity index (χ2n) is 4.93. The lowest BCUT2D eigenvalue weighted by Gasteiger charge is -2.14. The summed E-state index contributed by atoms with van der Waals surface area (Å²) in [5.74, 6) is -6.36. The molecule has 10 heteroatoms. The molecule has 1 atom stereocenters. The quantitative estimate of drug-likeness (QED) is 0.429. The Hall–Kier alpha value is -2.62. The van der Waals surface area contributed by atoms with E-state index in [9.17, 15) is 27.6 Å². The van der Waals surface area contributed by atoms with Gasteiger partial charge in [0.05, 0.1) is 19.8 Å². The van der Waals surface area contributed by atoms with Crippen LogP contribution in [0.3, 0.4) is 0 Å². The number of hydrogen-bond acceptors (Lipinski definition) is 4. The SMILES string of the molecule is COC(=O)CNC(=O)C[NH+](C)CC(=O)Nc1ccc(F)c(F)c1F. The number of halogens is 3. The van der Waals surface area contributed by atoms with Crippen LogP contribution in [-0.2, 0) is 19.1 Å². The van der Waals surface area contributed by atoms with Crippen LogP contribution in [0, 0.1) is 17.5 Å². The highest BCUT2D eigenvalue weighted by Gasteiger charge is 2.18. The second-order valence-corrected chi connectivity index (χ2v) is 4.93. The maximum absolute atomic E-state index is 13.4. The smallest absolute Gasteiger partial charge is 0.325 e. The first kappa shape index (κ1) is 19.4. The number of hydrogen-bond donors (Lipinski definition) is 3. The fourth-order valence-electron chi connectivity index (χ4n) is 1.73. The summed E-state index contributed by atoms with van der Waals surface area (Å²) in [6, 6.07) is 1.58. The molecule has 7 nitrogen and oxygen atoms in total. The van der Waals surface area contributed by atoms with Gasteiger partial charge in [0, 0.05) is 0 Å². The molecule has 1 unspecified atom stereocenters. The number of carbonyl (C=O) groups is 3. The van der Waals surface area contributed by atoms with Gasteiger partial charge in [-0.1, -0.05) is 0 Å². The Labute approximate surface area is 135 Å². The molecule has 0 aliphatic carbocycles. The number of amides is 2. The first-order valence-electron chi connectivity index (χ1n) is 6.82. The number of likely N-dealkylation sites (N-methyl/N-ethyl adjacent to an activating group) is 1. The summed E-state index contributed by atoms with van der Waals surface area (Å²) < 4.78 is 43.6. The average Bonchev–Trinajstić information content (AvgIpc) is 2.52. The number of rotatable bonds is 7. The Morgan fingerprint density at radius 1 is 1.08 bits per heavy atom. The molecule has 0 radical (unpaired) electrons. The molecule has 0 bridgehead atoms. The van der Waals surface area contributed by atoms with Crippen LogP contribution in [0.1, 0.15) is 0 Å². The summed E-state index contributed by atoms with van der Waals surface area (Å²) in [5, 5.41) is 4.39. The third kappa shape index (κ3) is 5.88. The molecule has 0 saturated carbocycles. The molecule has 0 aliphatic heterocycles. The molecule has 1 aromatic rings. The zero-order valence-corrected chi connectivity index (χ0v) is 13.0. The fourth-order valence-corrected chi connectivity index (χ4v) is 1.73. The number of carbonyl (C=O) groups excluding carboxylic acids is 3. The molecule has 0 spiro atoms. The van der Waals surface area contributed by atoms with Crippen molar-refractivity contribution in [3.8, 4) is 0 Å². The Kier molecular flexibility index (Phi) is 7.18. The zero-order valence-electron chi connectivity index (χ0n) is 13.0. The lowest BCUT2D eigenvalue weighted by Crippen LogP contribution is -3.11. The molecular weight excluding hydrogens is 331 g/mol. The third-order valence-electron chi connectivity index (χ3n) is 2.89. The molecule has 3 N–H and O–H groups in total. The summed E-state index contributed by atoms with van der Waals surface area (Å²) >= 11 is 0. The second kappa shape index (κ2) is 8.87. The van der Waals surface area contributed by atoms with Crippen LogP contribution in [-0.4, -0.2) is 51.6 Å². The van der Waals surface area contributed by atoms with E-state index in [0.29, 0.717) is 11.0 Å². The van der Waals surface area contributed by atoms with Crippen LogP contribution in [0.5, 0.6) is 0 Å². The number of anilines is 1. The van der Waals surface area contributed by atoms with E-state index in [0.717, 1.165) is 6.07 Å². The van der Waals surface area contributed by atoms with Crippen molar-refractivity contribution in [2.45, 2.75) is 0 Å². The molecule has 132 valence electrons. The summed E-state index contributed by atoms with van der Waals surface area (Å²) in [4.78, 5) is 34.6. The molecule has 24 heavy (non-hydrogen) atoms. The molecule has 0 aromatic heterocycles. The summed E-state index contributed by atoms with van der Waals surface area (Å²) in [6.07, 6.45) is 0. The summed E-state index contributed by atoms with van der Waals surface area (Å²) in [7, 11) is 2.69. The van der Waals surface area contributed by atoms with Crippen LogP contribution in [0.25, 0.3) is 0 Å². The third-order valence-corrected chi connectivity index (χ3v) is 2.89. The predicted octanol–water partition coefficient (Wildman–Crippen LogP) is -1.15. The molecule has 0 aliphatic rings. The van der Waals surface area contributed by atoms with Gasteiger partial charge in [-0.2, -0.15) is 0 Å². The minimum atomic E-state index is -1.68. The van der Waals surface area contributed by atoms with E-state index in [1.807, 2.05) is 0 Å². The predicted molar refractivity (Wildman–Crippen MR) is 76.6 cm³/mol. The van der Waals surface area contributed by atoms with Crippen LogP contribution >= 0.6 is 0 Å². The van der Waals surface area contributed by atoms with Crippen LogP contribution < -0.4 is 15.5 Å². The lowest BCUT2D eigenvalue weighted by atomic mass is 10.2. The molecule has 2 amide bonds. The molecule has 0 fully saturated rings. The van der Waals surface area contributed by atoms with Gasteiger partial charge in [0.15, 0.2) is 30.5 Å². The standard InChI is InChI=1S/C14H16F3N3O4/c1-20(6-10(21)18-5-12(23)24-2)7-11(22)19-9-4-3-8(15)13(16)14(9)17/h3-4H,5-7H2,1-2H3,(H,18,21)(H,19,22)/p+1. The highest BCUT2D eigenvalue weighted by molar-refractivity contribution is 5.91. The van der Waals surface area contributed by atoms with Crippen LogP contribution in [0.4, 0.5) is 18.9 Å². The maximum atomic E-state index is 13.4. The Morgan fingerprint density at radius 3 is 2.33 bits per heavy atom. The first-order valence-corrected chi connectivity index (χ1v) is 6.82. The number of ether oxygens (including phenoxy) is 1. The highest BCUT2D eigenvalue weighted by Crippen LogP contribution is 2.19. The number of esters is 1. The fraction of sp³-hybridized carbons (Fsp3) is 0.357. The van der Waals surface area contributed by atoms with Gasteiger partial charge in [0.25, 0.3) is 11.8 Å². The van der Waals surface area contributed by atoms with Crippen molar-refractivity contribution < 1.29 is 37.2 Å². The largest absolute Gasteiger partial charge is 0.468 e. The van der Waals surface area contributed by atoms with E-state index >= 15 is 0 Å². The molecule has 0 heterocycles. The van der Waals surface area contributed by atoms with Crippen LogP contribution in [0.2, 0.25) is 0 Å². The Bertz CT molecular complexity index is 640. The van der Waals surface area contributed by atoms with E-state index < -0.39 is 40.9 Å². The van der Waals surface area contributed by atoms with E-state index in [-0.39, 0.29) is 19.6 Å². The molecule has 0 saturated heterocycles. The summed E-state index contributed by atoms with van der Waals surface area (Å²) in [6.45, 7) is -0.663. The van der Waals surface area contributed by atoms with Gasteiger partial charge in [-0.15, -0.1) is 0 Å². The molecular formula is C14H17F3N3O4+. The van der Waals surface area contributed by atoms with Crippen LogP contribution in [0.15, 0.2) is 12.1 Å². The molecule has 1 aromatic carbocycles. The van der Waals surface area contributed by atoms with E-state index in [1.165, 1.54) is 14.2 Å². The van der Waals surface area contributed by atoms with Crippen molar-refractivity contribution in [3.05, 3.63) is 29.6 Å². The monoisotopic (exact) mass is 348 g/mol. The molecule has 1 rings (SSSR count). The normalized spacial score (nSPS) is 11.5. The van der Waals surface area contributed by atoms with Gasteiger partial charge >= 0.3 is 5.97 Å². The van der Waals surface area contributed by atoms with Crippen molar-refractivity contribution >= 4 is 23.5 Å². The number of nitrogens with one attached hydrogen (secondary N) is 3. The highest BCUT2D eigenvalue weighted by atomic mass is 19.2. The Balaban J connectivity index is 2.49. The van der Waals surface area contributed by atoms with Gasteiger partial charge in [-0.25, -0.2) is 13.2 Å². The van der Waals surface area contributed by atoms with E-state index in [2.05, 4.69) is 15.4 Å². The summed E-state index contributed by atoms with van der Waals surface area (Å²) in [5.41, 5.74) is -0.498. The number of methoxy groups -OCH3 is 1. The zero-order chi connectivity index (χ0) is 18.3. The van der Waals surface area contributed by atoms with Gasteiger partial charge in [-0.05, 0) is 12.1 Å². The topological polar surface area (TPSA) is 88.9 Å². The van der Waals surface area contributed by atoms with Crippen molar-refractivity contribution in [1.82, 2.24) is 5.32 Å². The van der Waals surface area contributed by atoms with Gasteiger partial charge < -0.3 is 20.3 Å². The van der Waals surface area contributed by atoms with Gasteiger partial charge in [0.2, 0.25) is 0 Å². The Morgan fingerprint density at radius 2 is 1.71 bits per heavy atom. The lowest BCUT2D eigenvalue weighted by molar-refractivity contribution is -0.862. The van der Waals surface area contributed by atoms with Crippen molar-refractivity contribution in [2.75, 3.05) is 39.1 Å². The van der Waals surface area contributed by atoms with Crippen molar-refractivity contribution in [3.63, 3.8) is 0 Å². The average molecular weight is 348 g/mol. The number of benzene rings is 1. The minimum Gasteiger partial charge on any atom is -0.468 e. The van der Waals surface area contributed by atoms with Crippen molar-refractivity contribution in [1.29, 1.82) is 0 Å². The maximum Gasteiger partial charge on any atom is 0.325 e. The van der Waals surface area contributed by atoms with E-state index in [4.69, 9.17) is 0 Å². The van der Waals surface area contributed by atoms with Crippen molar-refractivity contribution in [2.24, 2.45) is 0 Å². The van der Waals surface area contributed by atoms with Gasteiger partial charge in [0.1, 0.15) is 6.54 Å². The number of quaternary nitrogens is 1.